The highest BCUT2D eigenvalue weighted by molar-refractivity contribution is 5.87. The lowest BCUT2D eigenvalue weighted by Crippen LogP contribution is -2.26. The number of nitrogens with one attached hydrogen (secondary N) is 1. The largest absolute Gasteiger partial charge is 0.480 e. The molecule has 90 valence electrons. The van der Waals surface area contributed by atoms with Crippen molar-refractivity contribution in [1.29, 1.82) is 0 Å². The van der Waals surface area contributed by atoms with Gasteiger partial charge >= 0.3 is 11.9 Å². The second kappa shape index (κ2) is 6.32. The van der Waals surface area contributed by atoms with Gasteiger partial charge in [-0.15, -0.1) is 0 Å². The van der Waals surface area contributed by atoms with Crippen LogP contribution in [0.5, 0.6) is 0 Å². The maximum Gasteiger partial charge on any atom is 0.354 e. The van der Waals surface area contributed by atoms with E-state index in [1.807, 2.05) is 30.3 Å². The molecule has 0 heterocycles. The summed E-state index contributed by atoms with van der Waals surface area (Å²) in [5, 5.41) is 10.7. The Balaban J connectivity index is 2.34. The van der Waals surface area contributed by atoms with Gasteiger partial charge in [-0.25, -0.2) is 4.79 Å². The van der Waals surface area contributed by atoms with Gasteiger partial charge in [-0.05, 0) is 5.56 Å². The summed E-state index contributed by atoms with van der Waals surface area (Å²) in [6, 6.07) is 9.17. The van der Waals surface area contributed by atoms with Crippen molar-refractivity contribution in [3.05, 3.63) is 48.2 Å². The van der Waals surface area contributed by atoms with Crippen LogP contribution in [0.25, 0.3) is 0 Å². The number of hydrogen-bond donors (Lipinski definition) is 2. The Bertz CT molecular complexity index is 414. The summed E-state index contributed by atoms with van der Waals surface area (Å²) in [4.78, 5) is 21.6. The van der Waals surface area contributed by atoms with Gasteiger partial charge in [-0.1, -0.05) is 36.9 Å². The molecule has 1 aromatic rings. The maximum absolute atomic E-state index is 11.4. The lowest BCUT2D eigenvalue weighted by atomic mass is 10.2. The molecule has 0 aliphatic heterocycles. The van der Waals surface area contributed by atoms with E-state index in [1.54, 1.807) is 0 Å². The van der Waals surface area contributed by atoms with Gasteiger partial charge in [0.05, 0.1) is 0 Å². The first-order chi connectivity index (χ1) is 8.09. The van der Waals surface area contributed by atoms with Crippen molar-refractivity contribution in [3.63, 3.8) is 0 Å². The molecule has 0 fully saturated rings. The van der Waals surface area contributed by atoms with Gasteiger partial charge in [-0.2, -0.15) is 0 Å². The van der Waals surface area contributed by atoms with E-state index >= 15 is 0 Å². The van der Waals surface area contributed by atoms with Gasteiger partial charge in [0.2, 0.25) is 0 Å². The Morgan fingerprint density at radius 2 is 1.94 bits per heavy atom. The molecule has 0 aliphatic rings. The highest BCUT2D eigenvalue weighted by atomic mass is 16.5. The second-order valence-corrected chi connectivity index (χ2v) is 3.29. The van der Waals surface area contributed by atoms with Gasteiger partial charge in [0.25, 0.3) is 0 Å². The molecule has 0 spiro atoms. The van der Waals surface area contributed by atoms with E-state index in [9.17, 15) is 9.59 Å². The monoisotopic (exact) mass is 235 g/mol. The third-order valence-corrected chi connectivity index (χ3v) is 1.91. The molecular weight excluding hydrogens is 222 g/mol. The third-order valence-electron chi connectivity index (χ3n) is 1.91. The van der Waals surface area contributed by atoms with Gasteiger partial charge in [0.15, 0.2) is 0 Å². The standard InChI is InChI=1S/C12H13NO4/c1-9(13-7-11(14)15)12(16)17-8-10-5-3-2-4-6-10/h2-6,13H,1,7-8H2,(H,14,15). The summed E-state index contributed by atoms with van der Waals surface area (Å²) in [5.41, 5.74) is 0.787. The van der Waals surface area contributed by atoms with E-state index < -0.39 is 11.9 Å². The number of carbonyl (C=O) groups excluding carboxylic acids is 1. The van der Waals surface area contributed by atoms with Crippen molar-refractivity contribution in [1.82, 2.24) is 5.32 Å². The van der Waals surface area contributed by atoms with E-state index in [0.717, 1.165) is 5.56 Å². The van der Waals surface area contributed by atoms with Gasteiger partial charge in [-0.3, -0.25) is 4.79 Å². The number of rotatable bonds is 6. The molecule has 0 saturated heterocycles. The van der Waals surface area contributed by atoms with Crippen molar-refractivity contribution in [2.24, 2.45) is 0 Å². The molecular formula is C12H13NO4. The van der Waals surface area contributed by atoms with Crippen molar-refractivity contribution in [2.75, 3.05) is 6.54 Å². The van der Waals surface area contributed by atoms with Crippen molar-refractivity contribution >= 4 is 11.9 Å². The molecule has 5 nitrogen and oxygen atoms in total. The average Bonchev–Trinajstić information content (AvgIpc) is 2.34. The average molecular weight is 235 g/mol. The zero-order chi connectivity index (χ0) is 12.7. The van der Waals surface area contributed by atoms with Crippen LogP contribution >= 0.6 is 0 Å². The second-order valence-electron chi connectivity index (χ2n) is 3.29. The summed E-state index contributed by atoms with van der Waals surface area (Å²) in [7, 11) is 0. The lowest BCUT2D eigenvalue weighted by molar-refractivity contribution is -0.140. The van der Waals surface area contributed by atoms with Crippen LogP contribution in [0.1, 0.15) is 5.56 Å². The SMILES string of the molecule is C=C(NCC(=O)O)C(=O)OCc1ccccc1. The normalized spacial score (nSPS) is 9.41. The molecule has 0 bridgehead atoms. The van der Waals surface area contributed by atoms with Crippen LogP contribution in [0.15, 0.2) is 42.6 Å². The molecule has 0 atom stereocenters. The number of esters is 1. The van der Waals surface area contributed by atoms with Crippen LogP contribution in [0.2, 0.25) is 0 Å². The molecule has 0 unspecified atom stereocenters. The first-order valence-corrected chi connectivity index (χ1v) is 4.95. The first-order valence-electron chi connectivity index (χ1n) is 4.95. The quantitative estimate of drug-likeness (QED) is 0.566. The van der Waals surface area contributed by atoms with E-state index in [-0.39, 0.29) is 18.8 Å². The number of ether oxygens (including phenoxy) is 1. The smallest absolute Gasteiger partial charge is 0.354 e. The first kappa shape index (κ1) is 12.8. The minimum absolute atomic E-state index is 0.0664. The predicted octanol–water partition coefficient (Wildman–Crippen LogP) is 0.918. The topological polar surface area (TPSA) is 75.6 Å². The molecule has 0 radical (unpaired) electrons. The van der Waals surface area contributed by atoms with Crippen LogP contribution in [-0.4, -0.2) is 23.6 Å². The number of aliphatic carboxylic acids is 1. The van der Waals surface area contributed by atoms with Crippen LogP contribution in [0.4, 0.5) is 0 Å². The number of benzene rings is 1. The molecule has 1 aromatic carbocycles. The molecule has 0 aliphatic carbocycles. The van der Waals surface area contributed by atoms with E-state index in [4.69, 9.17) is 9.84 Å². The van der Waals surface area contributed by atoms with Crippen LogP contribution in [-0.2, 0) is 20.9 Å². The van der Waals surface area contributed by atoms with Crippen LogP contribution in [0, 0.1) is 0 Å². The van der Waals surface area contributed by atoms with E-state index in [1.165, 1.54) is 0 Å². The summed E-state index contributed by atoms with van der Waals surface area (Å²) in [6.45, 7) is 3.16. The van der Waals surface area contributed by atoms with Crippen LogP contribution in [0.3, 0.4) is 0 Å². The minimum Gasteiger partial charge on any atom is -0.480 e. The molecule has 1 rings (SSSR count). The predicted molar refractivity (Wildman–Crippen MR) is 61.0 cm³/mol. The Morgan fingerprint density at radius 1 is 1.29 bits per heavy atom. The molecule has 2 N–H and O–H groups in total. The van der Waals surface area contributed by atoms with Crippen molar-refractivity contribution < 1.29 is 19.4 Å². The van der Waals surface area contributed by atoms with E-state index in [2.05, 4.69) is 11.9 Å². The minimum atomic E-state index is -1.07. The van der Waals surface area contributed by atoms with Crippen LogP contribution < -0.4 is 5.32 Å². The Labute approximate surface area is 98.7 Å². The summed E-state index contributed by atoms with van der Waals surface area (Å²) in [6.07, 6.45) is 0. The van der Waals surface area contributed by atoms with E-state index in [0.29, 0.717) is 0 Å². The zero-order valence-electron chi connectivity index (χ0n) is 9.18. The van der Waals surface area contributed by atoms with Gasteiger partial charge in [0.1, 0.15) is 18.8 Å². The Hall–Kier alpha value is -2.30. The highest BCUT2D eigenvalue weighted by Gasteiger charge is 2.09. The fraction of sp³-hybridized carbons (Fsp3) is 0.167. The number of carboxylic acid groups (broad SMARTS) is 1. The molecule has 0 saturated carbocycles. The van der Waals surface area contributed by atoms with Gasteiger partial charge in [0, 0.05) is 0 Å². The molecule has 0 aromatic heterocycles. The van der Waals surface area contributed by atoms with Crippen molar-refractivity contribution in [2.45, 2.75) is 6.61 Å². The summed E-state index contributed by atoms with van der Waals surface area (Å²) < 4.78 is 4.93. The fourth-order valence-electron chi connectivity index (χ4n) is 1.06. The Kier molecular flexibility index (Phi) is 4.75. The summed E-state index contributed by atoms with van der Waals surface area (Å²) >= 11 is 0. The number of carboxylic acids is 1. The number of hydrogen-bond acceptors (Lipinski definition) is 4. The Morgan fingerprint density at radius 3 is 2.53 bits per heavy atom. The zero-order valence-corrected chi connectivity index (χ0v) is 9.18. The number of carbonyl (C=O) groups is 2. The van der Waals surface area contributed by atoms with Gasteiger partial charge < -0.3 is 15.2 Å². The van der Waals surface area contributed by atoms with Crippen molar-refractivity contribution in [3.8, 4) is 0 Å². The molecule has 17 heavy (non-hydrogen) atoms. The maximum atomic E-state index is 11.4. The molecule has 5 heteroatoms. The summed E-state index contributed by atoms with van der Waals surface area (Å²) in [5.74, 6) is -1.72. The molecule has 0 amide bonds. The highest BCUT2D eigenvalue weighted by Crippen LogP contribution is 2.02. The lowest BCUT2D eigenvalue weighted by Gasteiger charge is -2.07. The fourth-order valence-corrected chi connectivity index (χ4v) is 1.06. The third kappa shape index (κ3) is 4.83.